The number of fused-ring (bicyclic) bond motifs is 2. The lowest BCUT2D eigenvalue weighted by Crippen LogP contribution is -2.48. The van der Waals surface area contributed by atoms with Crippen molar-refractivity contribution in [2.75, 3.05) is 31.1 Å². The summed E-state index contributed by atoms with van der Waals surface area (Å²) in [5, 5.41) is 5.94. The molecule has 0 radical (unpaired) electrons. The molecule has 1 aromatic heterocycles. The van der Waals surface area contributed by atoms with Crippen LogP contribution < -0.4 is 20.3 Å². The third-order valence-electron chi connectivity index (χ3n) is 7.09. The van der Waals surface area contributed by atoms with E-state index in [4.69, 9.17) is 4.74 Å². The molecule has 4 aromatic rings. The molecular formula is C29H22F4N4O3. The fourth-order valence-corrected chi connectivity index (χ4v) is 5.29. The summed E-state index contributed by atoms with van der Waals surface area (Å²) in [6.07, 6.45) is 1.73. The van der Waals surface area contributed by atoms with Crippen LogP contribution in [0, 0.1) is 23.3 Å². The smallest absolute Gasteiger partial charge is 0.255 e. The number of para-hydroxylation sites is 1. The maximum atomic E-state index is 15.2. The van der Waals surface area contributed by atoms with E-state index in [1.165, 1.54) is 12.3 Å². The number of halogens is 4. The van der Waals surface area contributed by atoms with E-state index < -0.39 is 40.3 Å². The van der Waals surface area contributed by atoms with Gasteiger partial charge >= 0.3 is 0 Å². The molecule has 7 nitrogen and oxygen atoms in total. The number of hydrogen-bond acceptors (Lipinski definition) is 5. The van der Waals surface area contributed by atoms with E-state index in [9.17, 15) is 22.8 Å². The van der Waals surface area contributed by atoms with E-state index >= 15 is 4.39 Å². The van der Waals surface area contributed by atoms with Gasteiger partial charge in [-0.15, -0.1) is 0 Å². The Morgan fingerprint density at radius 3 is 2.73 bits per heavy atom. The zero-order chi connectivity index (χ0) is 28.0. The molecule has 0 saturated carbocycles. The minimum absolute atomic E-state index is 0.102. The number of pyridine rings is 1. The van der Waals surface area contributed by atoms with Gasteiger partial charge in [0.2, 0.25) is 5.91 Å². The van der Waals surface area contributed by atoms with Crippen molar-refractivity contribution in [3.05, 3.63) is 89.1 Å². The maximum absolute atomic E-state index is 15.2. The number of rotatable bonds is 4. The zero-order valence-corrected chi connectivity index (χ0v) is 20.9. The third-order valence-corrected chi connectivity index (χ3v) is 7.09. The first kappa shape index (κ1) is 25.6. The van der Waals surface area contributed by atoms with Gasteiger partial charge in [-0.3, -0.25) is 14.6 Å². The molecule has 204 valence electrons. The summed E-state index contributed by atoms with van der Waals surface area (Å²) in [6, 6.07) is 10.4. The third kappa shape index (κ3) is 4.47. The largest absolute Gasteiger partial charge is 0.493 e. The van der Waals surface area contributed by atoms with Crippen LogP contribution in [0.25, 0.3) is 22.0 Å². The van der Waals surface area contributed by atoms with Gasteiger partial charge in [0.1, 0.15) is 17.4 Å². The molecule has 3 aromatic carbocycles. The summed E-state index contributed by atoms with van der Waals surface area (Å²) < 4.78 is 63.8. The quantitative estimate of drug-likeness (QED) is 0.286. The van der Waals surface area contributed by atoms with Gasteiger partial charge in [-0.1, -0.05) is 18.2 Å². The Morgan fingerprint density at radius 1 is 1.07 bits per heavy atom. The highest BCUT2D eigenvalue weighted by Crippen LogP contribution is 2.39. The van der Waals surface area contributed by atoms with E-state index in [2.05, 4.69) is 15.6 Å². The zero-order valence-electron chi connectivity index (χ0n) is 20.9. The fraction of sp³-hybridized carbons (Fsp3) is 0.207. The number of carbonyl (C=O) groups excluding carboxylic acids is 2. The molecule has 0 bridgehead atoms. The van der Waals surface area contributed by atoms with Gasteiger partial charge in [-0.25, -0.2) is 17.6 Å². The SMILES string of the molecule is O=C1CN(c2c(C(=O)N[C@H]3CCOc4ccccc43)cnc3c(-c4cc(F)cc(F)c4F)c(F)ccc23)CCN1. The second kappa shape index (κ2) is 10.1. The van der Waals surface area contributed by atoms with Crippen LogP contribution in [0.15, 0.2) is 54.7 Å². The number of piperazine rings is 1. The highest BCUT2D eigenvalue weighted by Gasteiger charge is 2.30. The number of nitrogens with one attached hydrogen (secondary N) is 2. The van der Waals surface area contributed by atoms with Crippen molar-refractivity contribution < 1.29 is 31.9 Å². The number of aromatic nitrogens is 1. The first-order valence-electron chi connectivity index (χ1n) is 12.6. The monoisotopic (exact) mass is 550 g/mol. The van der Waals surface area contributed by atoms with Crippen molar-refractivity contribution in [2.45, 2.75) is 12.5 Å². The van der Waals surface area contributed by atoms with Crippen molar-refractivity contribution >= 4 is 28.4 Å². The Morgan fingerprint density at radius 2 is 1.90 bits per heavy atom. The normalized spacial score (nSPS) is 16.8. The lowest BCUT2D eigenvalue weighted by Gasteiger charge is -2.32. The van der Waals surface area contributed by atoms with Gasteiger partial charge in [0.15, 0.2) is 11.6 Å². The summed E-state index contributed by atoms with van der Waals surface area (Å²) in [4.78, 5) is 32.0. The molecule has 0 aliphatic carbocycles. The number of amides is 2. The topological polar surface area (TPSA) is 83.6 Å². The van der Waals surface area contributed by atoms with E-state index in [-0.39, 0.29) is 47.2 Å². The van der Waals surface area contributed by atoms with Crippen LogP contribution in [0.3, 0.4) is 0 Å². The second-order valence-electron chi connectivity index (χ2n) is 9.56. The van der Waals surface area contributed by atoms with Crippen molar-refractivity contribution in [3.8, 4) is 16.9 Å². The predicted molar refractivity (Wildman–Crippen MR) is 139 cm³/mol. The molecule has 2 N–H and O–H groups in total. The van der Waals surface area contributed by atoms with E-state index in [1.54, 1.807) is 4.90 Å². The molecule has 6 rings (SSSR count). The van der Waals surface area contributed by atoms with Gasteiger partial charge in [0, 0.05) is 53.9 Å². The van der Waals surface area contributed by atoms with Gasteiger partial charge in [0.25, 0.3) is 5.91 Å². The maximum Gasteiger partial charge on any atom is 0.255 e. The molecule has 1 saturated heterocycles. The lowest BCUT2D eigenvalue weighted by atomic mass is 9.97. The Bertz CT molecular complexity index is 1680. The van der Waals surface area contributed by atoms with Crippen LogP contribution >= 0.6 is 0 Å². The highest BCUT2D eigenvalue weighted by molar-refractivity contribution is 6.11. The van der Waals surface area contributed by atoms with Crippen molar-refractivity contribution in [3.63, 3.8) is 0 Å². The van der Waals surface area contributed by atoms with Crippen LogP contribution in [-0.4, -0.2) is 43.0 Å². The van der Waals surface area contributed by atoms with Crippen molar-refractivity contribution in [2.24, 2.45) is 0 Å². The molecule has 0 unspecified atom stereocenters. The molecule has 1 fully saturated rings. The lowest BCUT2D eigenvalue weighted by molar-refractivity contribution is -0.120. The number of ether oxygens (including phenoxy) is 1. The number of nitrogens with zero attached hydrogens (tertiary/aromatic N) is 2. The summed E-state index contributed by atoms with van der Waals surface area (Å²) in [6.45, 7) is 0.903. The highest BCUT2D eigenvalue weighted by atomic mass is 19.2. The van der Waals surface area contributed by atoms with Gasteiger partial charge < -0.3 is 20.3 Å². The van der Waals surface area contributed by atoms with Crippen LogP contribution in [0.2, 0.25) is 0 Å². The van der Waals surface area contributed by atoms with Crippen LogP contribution in [0.4, 0.5) is 23.2 Å². The summed E-state index contributed by atoms with van der Waals surface area (Å²) in [5.74, 6) is -5.09. The van der Waals surface area contributed by atoms with Gasteiger partial charge in [-0.05, 0) is 24.3 Å². The Balaban J connectivity index is 1.51. The molecule has 2 amide bonds. The van der Waals surface area contributed by atoms with E-state index in [0.29, 0.717) is 37.5 Å². The first-order valence-corrected chi connectivity index (χ1v) is 12.6. The van der Waals surface area contributed by atoms with Crippen molar-refractivity contribution in [1.82, 2.24) is 15.6 Å². The average molecular weight is 551 g/mol. The Labute approximate surface area is 225 Å². The van der Waals surface area contributed by atoms with Gasteiger partial charge in [0.05, 0.1) is 36.0 Å². The number of hydrogen-bond donors (Lipinski definition) is 2. The average Bonchev–Trinajstić information content (AvgIpc) is 2.94. The fourth-order valence-electron chi connectivity index (χ4n) is 5.29. The molecule has 11 heteroatoms. The van der Waals surface area contributed by atoms with Gasteiger partial charge in [-0.2, -0.15) is 0 Å². The Kier molecular flexibility index (Phi) is 6.49. The molecular weight excluding hydrogens is 528 g/mol. The molecule has 40 heavy (non-hydrogen) atoms. The van der Waals surface area contributed by atoms with E-state index in [1.807, 2.05) is 24.3 Å². The number of benzene rings is 3. The van der Waals surface area contributed by atoms with Crippen LogP contribution in [0.5, 0.6) is 5.75 Å². The van der Waals surface area contributed by atoms with Crippen LogP contribution in [-0.2, 0) is 4.79 Å². The van der Waals surface area contributed by atoms with E-state index in [0.717, 1.165) is 11.6 Å². The standard InChI is InChI=1S/C29H22F4N4O3/c30-15-11-18(26(33)21(32)12-15)25-20(31)6-5-17-27(25)35-13-19(28(17)37-9-8-34-24(38)14-37)29(39)36-22-7-10-40-23-4-2-1-3-16(22)23/h1-6,11-13,22H,7-10,14H2,(H,34,38)(H,36,39)/t22-/m0/s1. The summed E-state index contributed by atoms with van der Waals surface area (Å²) >= 11 is 0. The summed E-state index contributed by atoms with van der Waals surface area (Å²) in [7, 11) is 0. The molecule has 0 spiro atoms. The second-order valence-corrected chi connectivity index (χ2v) is 9.56. The molecule has 3 heterocycles. The molecule has 1 atom stereocenters. The summed E-state index contributed by atoms with van der Waals surface area (Å²) in [5.41, 5.74) is -0.0284. The van der Waals surface area contributed by atoms with Crippen LogP contribution in [0.1, 0.15) is 28.4 Å². The number of anilines is 1. The minimum Gasteiger partial charge on any atom is -0.493 e. The van der Waals surface area contributed by atoms with Crippen molar-refractivity contribution in [1.29, 1.82) is 0 Å². The molecule has 2 aliphatic rings. The minimum atomic E-state index is -1.48. The number of carbonyl (C=O) groups is 2. The first-order chi connectivity index (χ1) is 19.3. The predicted octanol–water partition coefficient (Wildman–Crippen LogP) is 4.65. The Hall–Kier alpha value is -4.67. The molecule has 2 aliphatic heterocycles.